The minimum absolute atomic E-state index is 0.0324. The molecule has 0 spiro atoms. The van der Waals surface area contributed by atoms with Crippen LogP contribution in [0.3, 0.4) is 0 Å². The molecule has 0 bridgehead atoms. The Labute approximate surface area is 210 Å². The number of aryl methyl sites for hydroxylation is 1. The molecule has 1 heterocycles. The topological polar surface area (TPSA) is 79.0 Å². The zero-order chi connectivity index (χ0) is 25.8. The average Bonchev–Trinajstić information content (AvgIpc) is 3.25. The lowest BCUT2D eigenvalue weighted by Crippen LogP contribution is -2.38. The standard InChI is InChI=1S/C27H39N3O4S/c1-20-9-12-24(13-10-20)35(32,33)28-22-11-14-25(29(5)6)21(16-22)18-30(19-23-8-7-15-34-23)26(31)17-27(2,3)4/h9-14,16,23,28H,7-8,15,17-19H2,1-6H3. The van der Waals surface area contributed by atoms with Crippen molar-refractivity contribution in [3.63, 3.8) is 0 Å². The Balaban J connectivity index is 1.90. The highest BCUT2D eigenvalue weighted by Crippen LogP contribution is 2.28. The van der Waals surface area contributed by atoms with Crippen LogP contribution in [-0.4, -0.2) is 52.6 Å². The van der Waals surface area contributed by atoms with E-state index in [1.54, 1.807) is 30.3 Å². The molecule has 0 saturated carbocycles. The lowest BCUT2D eigenvalue weighted by Gasteiger charge is -2.30. The third-order valence-electron chi connectivity index (χ3n) is 5.99. The van der Waals surface area contributed by atoms with Gasteiger partial charge in [0.15, 0.2) is 0 Å². The zero-order valence-corrected chi connectivity index (χ0v) is 22.6. The number of benzene rings is 2. The summed E-state index contributed by atoms with van der Waals surface area (Å²) in [4.78, 5) is 17.4. The van der Waals surface area contributed by atoms with Crippen molar-refractivity contribution < 1.29 is 17.9 Å². The molecule has 0 aromatic heterocycles. The second-order valence-corrected chi connectivity index (χ2v) is 12.5. The van der Waals surface area contributed by atoms with Crippen LogP contribution in [0.4, 0.5) is 11.4 Å². The number of ether oxygens (including phenoxy) is 1. The second-order valence-electron chi connectivity index (χ2n) is 10.8. The van der Waals surface area contributed by atoms with Gasteiger partial charge < -0.3 is 14.5 Å². The molecule has 8 heteroatoms. The van der Waals surface area contributed by atoms with E-state index in [2.05, 4.69) is 25.5 Å². The van der Waals surface area contributed by atoms with Crippen molar-refractivity contribution in [2.45, 2.75) is 64.5 Å². The lowest BCUT2D eigenvalue weighted by atomic mass is 9.91. The van der Waals surface area contributed by atoms with Crippen molar-refractivity contribution >= 4 is 27.3 Å². The molecule has 2 aromatic carbocycles. The number of sulfonamides is 1. The molecule has 7 nitrogen and oxygen atoms in total. The first kappa shape index (κ1) is 27.0. The van der Waals surface area contributed by atoms with E-state index in [1.807, 2.05) is 43.0 Å². The van der Waals surface area contributed by atoms with E-state index in [9.17, 15) is 13.2 Å². The smallest absolute Gasteiger partial charge is 0.261 e. The first-order valence-corrected chi connectivity index (χ1v) is 13.6. The maximum Gasteiger partial charge on any atom is 0.261 e. The normalized spacial score (nSPS) is 16.2. The largest absolute Gasteiger partial charge is 0.377 e. The van der Waals surface area contributed by atoms with Crippen molar-refractivity contribution in [2.24, 2.45) is 5.41 Å². The molecule has 1 fully saturated rings. The Bertz CT molecular complexity index is 1120. The van der Waals surface area contributed by atoms with E-state index >= 15 is 0 Å². The summed E-state index contributed by atoms with van der Waals surface area (Å²) in [5, 5.41) is 0. The highest BCUT2D eigenvalue weighted by Gasteiger charge is 2.27. The van der Waals surface area contributed by atoms with Crippen LogP contribution in [0.5, 0.6) is 0 Å². The van der Waals surface area contributed by atoms with Gasteiger partial charge in [0.2, 0.25) is 5.91 Å². The van der Waals surface area contributed by atoms with Crippen LogP contribution in [0.25, 0.3) is 0 Å². The fourth-order valence-corrected chi connectivity index (χ4v) is 5.25. The molecular weight excluding hydrogens is 462 g/mol. The average molecular weight is 502 g/mol. The number of amides is 1. The van der Waals surface area contributed by atoms with Crippen molar-refractivity contribution in [3.8, 4) is 0 Å². The lowest BCUT2D eigenvalue weighted by molar-refractivity contribution is -0.135. The molecule has 0 radical (unpaired) electrons. The molecule has 192 valence electrons. The van der Waals surface area contributed by atoms with E-state index in [1.165, 1.54) is 0 Å². The molecule has 0 aliphatic carbocycles. The molecule has 1 atom stereocenters. The maximum absolute atomic E-state index is 13.3. The highest BCUT2D eigenvalue weighted by atomic mass is 32.2. The predicted molar refractivity (Wildman–Crippen MR) is 141 cm³/mol. The van der Waals surface area contributed by atoms with Crippen LogP contribution in [0.1, 0.15) is 51.2 Å². The molecular formula is C27H39N3O4S. The van der Waals surface area contributed by atoms with Gasteiger partial charge in [0.05, 0.1) is 11.0 Å². The van der Waals surface area contributed by atoms with Gasteiger partial charge in [0, 0.05) is 51.6 Å². The molecule has 1 amide bonds. The van der Waals surface area contributed by atoms with E-state index in [0.29, 0.717) is 25.2 Å². The van der Waals surface area contributed by atoms with Gasteiger partial charge in [-0.15, -0.1) is 0 Å². The number of carbonyl (C=O) groups excluding carboxylic acids is 1. The Kier molecular flexibility index (Phi) is 8.49. The predicted octanol–water partition coefficient (Wildman–Crippen LogP) is 4.81. The van der Waals surface area contributed by atoms with Crippen molar-refractivity contribution in [1.29, 1.82) is 0 Å². The number of hydrogen-bond donors (Lipinski definition) is 1. The van der Waals surface area contributed by atoms with Crippen LogP contribution >= 0.6 is 0 Å². The minimum atomic E-state index is -3.73. The van der Waals surface area contributed by atoms with Gasteiger partial charge in [-0.3, -0.25) is 9.52 Å². The molecule has 2 aromatic rings. The van der Waals surface area contributed by atoms with Gasteiger partial charge in [0.25, 0.3) is 10.0 Å². The fraction of sp³-hybridized carbons (Fsp3) is 0.519. The van der Waals surface area contributed by atoms with Crippen LogP contribution < -0.4 is 9.62 Å². The van der Waals surface area contributed by atoms with Crippen LogP contribution in [0.15, 0.2) is 47.4 Å². The third kappa shape index (κ3) is 7.70. The van der Waals surface area contributed by atoms with E-state index in [-0.39, 0.29) is 22.3 Å². The van der Waals surface area contributed by atoms with E-state index in [4.69, 9.17) is 4.74 Å². The van der Waals surface area contributed by atoms with Gasteiger partial charge in [0.1, 0.15) is 0 Å². The Morgan fingerprint density at radius 2 is 1.80 bits per heavy atom. The first-order valence-electron chi connectivity index (χ1n) is 12.1. The molecule has 1 aliphatic heterocycles. The highest BCUT2D eigenvalue weighted by molar-refractivity contribution is 7.92. The molecule has 35 heavy (non-hydrogen) atoms. The monoisotopic (exact) mass is 501 g/mol. The SMILES string of the molecule is Cc1ccc(S(=O)(=O)Nc2ccc(N(C)C)c(CN(CC3CCCO3)C(=O)CC(C)(C)C)c2)cc1. The van der Waals surface area contributed by atoms with Gasteiger partial charge in [-0.05, 0) is 61.1 Å². The van der Waals surface area contributed by atoms with Crippen LogP contribution in [0, 0.1) is 12.3 Å². The van der Waals surface area contributed by atoms with Crippen LogP contribution in [-0.2, 0) is 26.1 Å². The molecule has 1 N–H and O–H groups in total. The summed E-state index contributed by atoms with van der Waals surface area (Å²) in [7, 11) is 0.150. The quantitative estimate of drug-likeness (QED) is 0.534. The summed E-state index contributed by atoms with van der Waals surface area (Å²) in [6.07, 6.45) is 2.41. The van der Waals surface area contributed by atoms with E-state index < -0.39 is 10.0 Å². The summed E-state index contributed by atoms with van der Waals surface area (Å²) >= 11 is 0. The number of nitrogens with zero attached hydrogens (tertiary/aromatic N) is 2. The van der Waals surface area contributed by atoms with Crippen LogP contribution in [0.2, 0.25) is 0 Å². The molecule has 1 aliphatic rings. The third-order valence-corrected chi connectivity index (χ3v) is 7.39. The summed E-state index contributed by atoms with van der Waals surface area (Å²) in [5.74, 6) is 0.0725. The first-order chi connectivity index (χ1) is 16.3. The molecule has 3 rings (SSSR count). The summed E-state index contributed by atoms with van der Waals surface area (Å²) in [6.45, 7) is 9.72. The van der Waals surface area contributed by atoms with E-state index in [0.717, 1.165) is 36.3 Å². The number of nitrogens with one attached hydrogen (secondary N) is 1. The van der Waals surface area contributed by atoms with Gasteiger partial charge >= 0.3 is 0 Å². The van der Waals surface area contributed by atoms with Gasteiger partial charge in [-0.25, -0.2) is 8.42 Å². The zero-order valence-electron chi connectivity index (χ0n) is 21.8. The number of rotatable bonds is 9. The second kappa shape index (κ2) is 11.0. The van der Waals surface area contributed by atoms with Gasteiger partial charge in [-0.1, -0.05) is 38.5 Å². The maximum atomic E-state index is 13.3. The van der Waals surface area contributed by atoms with Gasteiger partial charge in [-0.2, -0.15) is 0 Å². The summed E-state index contributed by atoms with van der Waals surface area (Å²) in [5.41, 5.74) is 3.13. The number of hydrogen-bond acceptors (Lipinski definition) is 5. The number of carbonyl (C=O) groups is 1. The Morgan fingerprint density at radius 3 is 2.37 bits per heavy atom. The Morgan fingerprint density at radius 1 is 1.11 bits per heavy atom. The minimum Gasteiger partial charge on any atom is -0.377 e. The molecule has 1 unspecified atom stereocenters. The van der Waals surface area contributed by atoms with Crippen molar-refractivity contribution in [2.75, 3.05) is 36.9 Å². The summed E-state index contributed by atoms with van der Waals surface area (Å²) < 4.78 is 34.4. The molecule has 1 saturated heterocycles. The number of anilines is 2. The fourth-order valence-electron chi connectivity index (χ4n) is 4.20. The van der Waals surface area contributed by atoms with Crippen molar-refractivity contribution in [3.05, 3.63) is 53.6 Å². The Hall–Kier alpha value is -2.58. The van der Waals surface area contributed by atoms with Crippen molar-refractivity contribution in [1.82, 2.24) is 4.90 Å². The summed E-state index contributed by atoms with van der Waals surface area (Å²) in [6, 6.07) is 12.2.